The van der Waals surface area contributed by atoms with Gasteiger partial charge in [-0.15, -0.1) is 0 Å². The van der Waals surface area contributed by atoms with Crippen molar-refractivity contribution in [3.05, 3.63) is 34.3 Å². The lowest BCUT2D eigenvalue weighted by molar-refractivity contribution is 0.434. The average molecular weight is 251 g/mol. The lowest BCUT2D eigenvalue weighted by Gasteiger charge is -2.08. The molecule has 0 saturated carbocycles. The van der Waals surface area contributed by atoms with E-state index in [-0.39, 0.29) is 5.92 Å². The minimum Gasteiger partial charge on any atom is -0.381 e. The van der Waals surface area contributed by atoms with Crippen LogP contribution in [-0.2, 0) is 0 Å². The van der Waals surface area contributed by atoms with Gasteiger partial charge in [-0.05, 0) is 24.5 Å². The van der Waals surface area contributed by atoms with Gasteiger partial charge in [0.25, 0.3) is 0 Å². The van der Waals surface area contributed by atoms with Crippen molar-refractivity contribution < 1.29 is 4.52 Å². The third-order valence-electron chi connectivity index (χ3n) is 2.77. The molecule has 1 aromatic heterocycles. The molecule has 4 heteroatoms. The van der Waals surface area contributed by atoms with Gasteiger partial charge in [0, 0.05) is 11.1 Å². The third-order valence-corrected chi connectivity index (χ3v) is 3.27. The smallest absolute Gasteiger partial charge is 0.174 e. The highest BCUT2D eigenvalue weighted by molar-refractivity contribution is 6.34. The van der Waals surface area contributed by atoms with Crippen molar-refractivity contribution in [1.82, 2.24) is 5.16 Å². The van der Waals surface area contributed by atoms with Crippen molar-refractivity contribution in [1.29, 1.82) is 0 Å². The van der Waals surface area contributed by atoms with Crippen molar-refractivity contribution >= 4 is 17.4 Å². The average Bonchev–Trinajstić information content (AvgIpc) is 2.64. The van der Waals surface area contributed by atoms with Crippen LogP contribution in [0.3, 0.4) is 0 Å². The Morgan fingerprint density at radius 2 is 2.06 bits per heavy atom. The first-order chi connectivity index (χ1) is 8.02. The van der Waals surface area contributed by atoms with Crippen LogP contribution >= 0.6 is 11.6 Å². The van der Waals surface area contributed by atoms with Crippen LogP contribution in [0, 0.1) is 6.92 Å². The Morgan fingerprint density at radius 3 is 2.71 bits per heavy atom. The number of nitrogens with two attached hydrogens (primary N) is 1. The van der Waals surface area contributed by atoms with Crippen molar-refractivity contribution in [2.45, 2.75) is 26.7 Å². The van der Waals surface area contributed by atoms with E-state index in [4.69, 9.17) is 21.9 Å². The van der Waals surface area contributed by atoms with Gasteiger partial charge in [0.05, 0.1) is 5.02 Å². The van der Waals surface area contributed by atoms with Crippen LogP contribution < -0.4 is 5.73 Å². The summed E-state index contributed by atoms with van der Waals surface area (Å²) in [6, 6.07) is 5.82. The molecule has 0 aliphatic heterocycles. The summed E-state index contributed by atoms with van der Waals surface area (Å²) >= 11 is 6.29. The molecule has 0 fully saturated rings. The summed E-state index contributed by atoms with van der Waals surface area (Å²) < 4.78 is 5.32. The van der Waals surface area contributed by atoms with Crippen LogP contribution in [0.2, 0.25) is 5.02 Å². The van der Waals surface area contributed by atoms with E-state index in [9.17, 15) is 0 Å². The van der Waals surface area contributed by atoms with Gasteiger partial charge in [-0.3, -0.25) is 0 Å². The van der Waals surface area contributed by atoms with Gasteiger partial charge in [-0.2, -0.15) is 0 Å². The van der Waals surface area contributed by atoms with Crippen LogP contribution in [0.15, 0.2) is 22.7 Å². The Hall–Kier alpha value is -1.48. The molecule has 0 aliphatic rings. The summed E-state index contributed by atoms with van der Waals surface area (Å²) in [7, 11) is 0. The number of aryl methyl sites for hydroxylation is 1. The van der Waals surface area contributed by atoms with Crippen LogP contribution in [0.4, 0.5) is 5.82 Å². The number of hydrogen-bond acceptors (Lipinski definition) is 3. The fraction of sp³-hybridized carbons (Fsp3) is 0.308. The Morgan fingerprint density at radius 1 is 1.35 bits per heavy atom. The molecule has 0 atom stereocenters. The van der Waals surface area contributed by atoms with Gasteiger partial charge in [0.2, 0.25) is 0 Å². The van der Waals surface area contributed by atoms with Gasteiger partial charge in [-0.25, -0.2) is 0 Å². The molecule has 0 amide bonds. The quantitative estimate of drug-likeness (QED) is 0.876. The normalized spacial score (nSPS) is 11.1. The van der Waals surface area contributed by atoms with Crippen LogP contribution in [0.5, 0.6) is 0 Å². The highest BCUT2D eigenvalue weighted by Gasteiger charge is 2.20. The molecule has 1 heterocycles. The number of nitrogen functional groups attached to an aromatic ring is 1. The predicted molar refractivity (Wildman–Crippen MR) is 70.2 cm³/mol. The van der Waals surface area contributed by atoms with Gasteiger partial charge in [0.1, 0.15) is 0 Å². The number of aromatic nitrogens is 1. The van der Waals surface area contributed by atoms with Crippen LogP contribution in [-0.4, -0.2) is 5.16 Å². The molecule has 1 aromatic carbocycles. The largest absolute Gasteiger partial charge is 0.381 e. The first-order valence-electron chi connectivity index (χ1n) is 5.53. The zero-order valence-corrected chi connectivity index (χ0v) is 10.9. The second-order valence-corrected chi connectivity index (χ2v) is 4.78. The fourth-order valence-electron chi connectivity index (χ4n) is 1.88. The minimum atomic E-state index is 0.243. The summed E-state index contributed by atoms with van der Waals surface area (Å²) in [5, 5.41) is 4.51. The van der Waals surface area contributed by atoms with E-state index < -0.39 is 0 Å². The van der Waals surface area contributed by atoms with Gasteiger partial charge in [-0.1, -0.05) is 42.7 Å². The van der Waals surface area contributed by atoms with E-state index in [0.717, 1.165) is 16.7 Å². The molecule has 0 aliphatic carbocycles. The molecule has 17 heavy (non-hydrogen) atoms. The van der Waals surface area contributed by atoms with Gasteiger partial charge in [0.15, 0.2) is 11.6 Å². The molecule has 2 aromatic rings. The van der Waals surface area contributed by atoms with Crippen molar-refractivity contribution in [3.8, 4) is 11.3 Å². The SMILES string of the molecule is Cc1cccc(-c2onc(N)c2C(C)C)c1Cl. The maximum Gasteiger partial charge on any atom is 0.174 e. The van der Waals surface area contributed by atoms with E-state index in [1.54, 1.807) is 0 Å². The molecule has 0 bridgehead atoms. The van der Waals surface area contributed by atoms with Gasteiger partial charge >= 0.3 is 0 Å². The van der Waals surface area contributed by atoms with E-state index in [1.165, 1.54) is 0 Å². The minimum absolute atomic E-state index is 0.243. The summed E-state index contributed by atoms with van der Waals surface area (Å²) in [5.41, 5.74) is 8.59. The number of nitrogens with zero attached hydrogens (tertiary/aromatic N) is 1. The summed E-state index contributed by atoms with van der Waals surface area (Å²) in [4.78, 5) is 0. The Bertz CT molecular complexity index is 546. The Kier molecular flexibility index (Phi) is 3.11. The maximum absolute atomic E-state index is 6.29. The monoisotopic (exact) mass is 250 g/mol. The number of anilines is 1. The molecule has 0 radical (unpaired) electrons. The zero-order valence-electron chi connectivity index (χ0n) is 10.1. The van der Waals surface area contributed by atoms with Crippen molar-refractivity contribution in [2.24, 2.45) is 0 Å². The molecule has 3 nitrogen and oxygen atoms in total. The topological polar surface area (TPSA) is 52.0 Å². The number of hydrogen-bond donors (Lipinski definition) is 1. The van der Waals surface area contributed by atoms with Crippen molar-refractivity contribution in [2.75, 3.05) is 5.73 Å². The molecular weight excluding hydrogens is 236 g/mol. The highest BCUT2D eigenvalue weighted by Crippen LogP contribution is 2.37. The van der Waals surface area contributed by atoms with E-state index in [1.807, 2.05) is 25.1 Å². The molecular formula is C13H15ClN2O. The molecule has 0 unspecified atom stereocenters. The summed E-state index contributed by atoms with van der Waals surface area (Å²) in [5.74, 6) is 1.35. The lowest BCUT2D eigenvalue weighted by Crippen LogP contribution is -1.95. The number of halogens is 1. The molecule has 90 valence electrons. The Balaban J connectivity index is 2.65. The second kappa shape index (κ2) is 4.41. The molecule has 0 spiro atoms. The summed E-state index contributed by atoms with van der Waals surface area (Å²) in [6.07, 6.45) is 0. The zero-order chi connectivity index (χ0) is 12.6. The van der Waals surface area contributed by atoms with Gasteiger partial charge < -0.3 is 10.3 Å². The van der Waals surface area contributed by atoms with E-state index in [0.29, 0.717) is 16.6 Å². The first kappa shape index (κ1) is 12.0. The van der Waals surface area contributed by atoms with Crippen LogP contribution in [0.1, 0.15) is 30.9 Å². The van der Waals surface area contributed by atoms with E-state index >= 15 is 0 Å². The number of benzene rings is 1. The predicted octanol–water partition coefficient (Wildman–Crippen LogP) is 4.01. The standard InChI is InChI=1S/C13H15ClN2O/c1-7(2)10-12(17-16-13(10)15)9-6-4-5-8(3)11(9)14/h4-7H,1-3H3,(H2,15,16). The lowest BCUT2D eigenvalue weighted by atomic mass is 9.98. The summed E-state index contributed by atoms with van der Waals surface area (Å²) in [6.45, 7) is 6.06. The van der Waals surface area contributed by atoms with Crippen molar-refractivity contribution in [3.63, 3.8) is 0 Å². The second-order valence-electron chi connectivity index (χ2n) is 4.40. The van der Waals surface area contributed by atoms with E-state index in [2.05, 4.69) is 19.0 Å². The molecule has 2 rings (SSSR count). The highest BCUT2D eigenvalue weighted by atomic mass is 35.5. The maximum atomic E-state index is 6.29. The van der Waals surface area contributed by atoms with Crippen LogP contribution in [0.25, 0.3) is 11.3 Å². The third kappa shape index (κ3) is 2.03. The fourth-order valence-corrected chi connectivity index (χ4v) is 2.10. The Labute approximate surface area is 106 Å². The molecule has 0 saturated heterocycles. The first-order valence-corrected chi connectivity index (χ1v) is 5.90. The number of rotatable bonds is 2. The molecule has 2 N–H and O–H groups in total.